The molecule has 3 rings (SSSR count). The maximum atomic E-state index is 13.0. The zero-order valence-corrected chi connectivity index (χ0v) is 16.1. The third-order valence-corrected chi connectivity index (χ3v) is 5.53. The van der Waals surface area contributed by atoms with Crippen LogP contribution in [0.2, 0.25) is 0 Å². The van der Waals surface area contributed by atoms with E-state index in [1.165, 1.54) is 12.1 Å². The van der Waals surface area contributed by atoms with Crippen molar-refractivity contribution in [2.75, 3.05) is 45.1 Å². The monoisotopic (exact) mass is 381 g/mol. The van der Waals surface area contributed by atoms with Crippen molar-refractivity contribution in [3.8, 4) is 0 Å². The van der Waals surface area contributed by atoms with Crippen LogP contribution in [0.4, 0.5) is 4.39 Å². The number of thioether (sulfide) groups is 1. The van der Waals surface area contributed by atoms with E-state index in [1.54, 1.807) is 11.8 Å². The van der Waals surface area contributed by atoms with Crippen LogP contribution < -0.4 is 5.32 Å². The summed E-state index contributed by atoms with van der Waals surface area (Å²) in [7, 11) is 0. The van der Waals surface area contributed by atoms with Crippen molar-refractivity contribution in [3.05, 3.63) is 30.1 Å². The molecule has 2 aliphatic heterocycles. The molecular formula is C19H28FN3O2S. The first-order chi connectivity index (χ1) is 12.8. The lowest BCUT2D eigenvalue weighted by Crippen LogP contribution is -2.53. The van der Waals surface area contributed by atoms with E-state index in [9.17, 15) is 4.39 Å². The van der Waals surface area contributed by atoms with E-state index in [-0.39, 0.29) is 18.0 Å². The first kappa shape index (κ1) is 19.5. The third kappa shape index (κ3) is 5.59. The van der Waals surface area contributed by atoms with E-state index in [0.717, 1.165) is 55.7 Å². The molecule has 26 heavy (non-hydrogen) atoms. The summed E-state index contributed by atoms with van der Waals surface area (Å²) in [6.45, 7) is 6.86. The molecule has 2 heterocycles. The van der Waals surface area contributed by atoms with Crippen LogP contribution >= 0.6 is 11.8 Å². The number of nitrogens with one attached hydrogen (secondary N) is 1. The smallest absolute Gasteiger partial charge is 0.194 e. The number of ether oxygens (including phenoxy) is 2. The Morgan fingerprint density at radius 1 is 1.27 bits per heavy atom. The molecule has 0 spiro atoms. The summed E-state index contributed by atoms with van der Waals surface area (Å²) in [6.07, 6.45) is 2.55. The van der Waals surface area contributed by atoms with Crippen LogP contribution in [0.3, 0.4) is 0 Å². The van der Waals surface area contributed by atoms with E-state index in [1.807, 2.05) is 12.1 Å². The Kier molecular flexibility index (Phi) is 7.58. The average molecular weight is 382 g/mol. The fourth-order valence-corrected chi connectivity index (χ4v) is 4.01. The number of morpholine rings is 1. The van der Waals surface area contributed by atoms with Gasteiger partial charge in [0.05, 0.1) is 19.3 Å². The molecule has 0 radical (unpaired) electrons. The van der Waals surface area contributed by atoms with Gasteiger partial charge in [-0.2, -0.15) is 0 Å². The molecule has 0 aliphatic carbocycles. The van der Waals surface area contributed by atoms with E-state index < -0.39 is 0 Å². The van der Waals surface area contributed by atoms with Crippen molar-refractivity contribution in [2.24, 2.45) is 4.99 Å². The molecule has 0 bridgehead atoms. The van der Waals surface area contributed by atoms with Gasteiger partial charge in [0.15, 0.2) is 5.96 Å². The lowest BCUT2D eigenvalue weighted by Gasteiger charge is -2.37. The van der Waals surface area contributed by atoms with Crippen molar-refractivity contribution in [1.82, 2.24) is 10.2 Å². The van der Waals surface area contributed by atoms with Crippen LogP contribution in [0.15, 0.2) is 34.2 Å². The number of rotatable bonds is 6. The summed E-state index contributed by atoms with van der Waals surface area (Å²) in [4.78, 5) is 8.12. The lowest BCUT2D eigenvalue weighted by atomic mass is 10.1. The van der Waals surface area contributed by atoms with Gasteiger partial charge >= 0.3 is 0 Å². The Labute approximate surface area is 159 Å². The molecular weight excluding hydrogens is 353 g/mol. The second-order valence-corrected chi connectivity index (χ2v) is 7.61. The largest absolute Gasteiger partial charge is 0.375 e. The van der Waals surface area contributed by atoms with Crippen molar-refractivity contribution < 1.29 is 13.9 Å². The fraction of sp³-hybridized carbons (Fsp3) is 0.632. The second-order valence-electron chi connectivity index (χ2n) is 6.44. The molecule has 1 aromatic carbocycles. The van der Waals surface area contributed by atoms with Crippen LogP contribution in [0.25, 0.3) is 0 Å². The number of hydrogen-bond acceptors (Lipinski definition) is 4. The molecule has 2 unspecified atom stereocenters. The van der Waals surface area contributed by atoms with Crippen molar-refractivity contribution >= 4 is 17.7 Å². The second kappa shape index (κ2) is 10.1. The fourth-order valence-electron chi connectivity index (χ4n) is 3.26. The highest BCUT2D eigenvalue weighted by atomic mass is 32.2. The molecule has 5 nitrogen and oxygen atoms in total. The molecule has 1 aromatic rings. The molecule has 2 fully saturated rings. The normalized spacial score (nSPS) is 24.1. The topological polar surface area (TPSA) is 46.1 Å². The van der Waals surface area contributed by atoms with Gasteiger partial charge in [-0.3, -0.25) is 4.99 Å². The highest BCUT2D eigenvalue weighted by Gasteiger charge is 2.32. The summed E-state index contributed by atoms with van der Waals surface area (Å²) in [6, 6.07) is 6.61. The molecule has 0 saturated carbocycles. The van der Waals surface area contributed by atoms with Gasteiger partial charge in [-0.05, 0) is 44.0 Å². The minimum atomic E-state index is -0.199. The molecule has 0 amide bonds. The van der Waals surface area contributed by atoms with Crippen molar-refractivity contribution in [3.63, 3.8) is 0 Å². The number of nitrogens with zero attached hydrogens (tertiary/aromatic N) is 2. The van der Waals surface area contributed by atoms with Gasteiger partial charge in [-0.25, -0.2) is 4.39 Å². The quantitative estimate of drug-likeness (QED) is 0.355. The number of benzene rings is 1. The summed E-state index contributed by atoms with van der Waals surface area (Å²) in [5.41, 5.74) is 0. The predicted octanol–water partition coefficient (Wildman–Crippen LogP) is 2.76. The molecule has 0 aromatic heterocycles. The van der Waals surface area contributed by atoms with Crippen LogP contribution in [0.1, 0.15) is 19.8 Å². The standard InChI is InChI=1S/C19H28FN3O2S/c1-2-21-19(22-9-13-26-16-7-5-15(20)6-8-16)23-10-12-25-18(14-23)17-4-3-11-24-17/h5-8,17-18H,2-4,9-14H2,1H3,(H,21,22). The zero-order chi connectivity index (χ0) is 18.2. The van der Waals surface area contributed by atoms with Crippen LogP contribution in [-0.2, 0) is 9.47 Å². The molecule has 1 N–H and O–H groups in total. The maximum absolute atomic E-state index is 13.0. The third-order valence-electron chi connectivity index (χ3n) is 4.54. The van der Waals surface area contributed by atoms with E-state index >= 15 is 0 Å². The van der Waals surface area contributed by atoms with E-state index in [4.69, 9.17) is 14.5 Å². The zero-order valence-electron chi connectivity index (χ0n) is 15.3. The minimum absolute atomic E-state index is 0.128. The highest BCUT2D eigenvalue weighted by molar-refractivity contribution is 7.99. The van der Waals surface area contributed by atoms with Gasteiger partial charge in [-0.15, -0.1) is 11.8 Å². The number of hydrogen-bond donors (Lipinski definition) is 1. The van der Waals surface area contributed by atoms with Gasteiger partial charge in [0.1, 0.15) is 11.9 Å². The minimum Gasteiger partial charge on any atom is -0.375 e. The summed E-state index contributed by atoms with van der Waals surface area (Å²) >= 11 is 1.69. The van der Waals surface area contributed by atoms with Crippen LogP contribution in [0, 0.1) is 5.82 Å². The number of aliphatic imine (C=N–C) groups is 1. The number of guanidine groups is 1. The van der Waals surface area contributed by atoms with E-state index in [2.05, 4.69) is 17.1 Å². The van der Waals surface area contributed by atoms with Crippen molar-refractivity contribution in [2.45, 2.75) is 36.9 Å². The SMILES string of the molecule is CCNC(=NCCSc1ccc(F)cc1)N1CCOC(C2CCCO2)C1. The Balaban J connectivity index is 1.51. The van der Waals surface area contributed by atoms with Gasteiger partial charge in [0.2, 0.25) is 0 Å². The Bertz CT molecular complexity index is 579. The molecule has 2 saturated heterocycles. The lowest BCUT2D eigenvalue weighted by molar-refractivity contribution is -0.0816. The molecule has 7 heteroatoms. The molecule has 144 valence electrons. The maximum Gasteiger partial charge on any atom is 0.194 e. The van der Waals surface area contributed by atoms with Gasteiger partial charge < -0.3 is 19.7 Å². The number of halogens is 1. The van der Waals surface area contributed by atoms with Gasteiger partial charge in [0.25, 0.3) is 0 Å². The first-order valence-electron chi connectivity index (χ1n) is 9.41. The predicted molar refractivity (Wildman–Crippen MR) is 103 cm³/mol. The van der Waals surface area contributed by atoms with Crippen molar-refractivity contribution in [1.29, 1.82) is 0 Å². The Morgan fingerprint density at radius 3 is 2.81 bits per heavy atom. The van der Waals surface area contributed by atoms with Crippen LogP contribution in [-0.4, -0.2) is 68.2 Å². The molecule has 2 aliphatic rings. The summed E-state index contributed by atoms with van der Waals surface area (Å²) in [5, 5.41) is 3.39. The van der Waals surface area contributed by atoms with Gasteiger partial charge in [0, 0.05) is 36.9 Å². The van der Waals surface area contributed by atoms with Crippen LogP contribution in [0.5, 0.6) is 0 Å². The Morgan fingerprint density at radius 2 is 2.08 bits per heavy atom. The average Bonchev–Trinajstić information content (AvgIpc) is 3.21. The molecule has 2 atom stereocenters. The van der Waals surface area contributed by atoms with Gasteiger partial charge in [-0.1, -0.05) is 0 Å². The first-order valence-corrected chi connectivity index (χ1v) is 10.4. The highest BCUT2D eigenvalue weighted by Crippen LogP contribution is 2.21. The summed E-state index contributed by atoms with van der Waals surface area (Å²) in [5.74, 6) is 1.61. The van der Waals surface area contributed by atoms with E-state index in [0.29, 0.717) is 13.2 Å². The summed E-state index contributed by atoms with van der Waals surface area (Å²) < 4.78 is 24.7. The Hall–Kier alpha value is -1.31.